The van der Waals surface area contributed by atoms with Crippen LogP contribution in [0.4, 0.5) is 0 Å². The maximum atomic E-state index is 12.7. The van der Waals surface area contributed by atoms with Crippen LogP contribution in [0.25, 0.3) is 0 Å². The summed E-state index contributed by atoms with van der Waals surface area (Å²) in [6.07, 6.45) is 3.65. The van der Waals surface area contributed by atoms with Crippen LogP contribution in [0.1, 0.15) is 11.1 Å². The van der Waals surface area contributed by atoms with Gasteiger partial charge in [-0.1, -0.05) is 23.8 Å². The number of quaternary nitrogens is 1. The molecule has 1 aromatic heterocycles. The molecule has 5 nitrogen and oxygen atoms in total. The van der Waals surface area contributed by atoms with Crippen LogP contribution in [-0.2, 0) is 16.6 Å². The molecule has 0 amide bonds. The zero-order chi connectivity index (χ0) is 16.3. The number of hydrogen-bond donors (Lipinski definition) is 1. The highest BCUT2D eigenvalue weighted by molar-refractivity contribution is 7.89. The summed E-state index contributed by atoms with van der Waals surface area (Å²) in [4.78, 5) is 5.92. The summed E-state index contributed by atoms with van der Waals surface area (Å²) in [6, 6.07) is 11.1. The van der Waals surface area contributed by atoms with Crippen molar-refractivity contribution >= 4 is 10.0 Å². The largest absolute Gasteiger partial charge is 0.329 e. The fraction of sp³-hybridized carbons (Fsp3) is 0.353. The standard InChI is InChI=1S/C17H21N3O2S/c1-15-4-6-17(7-5-15)23(21,22)20-11-9-19(10-12-20)14-16-3-2-8-18-13-16/h2-8,13H,9-12,14H2,1H3/p+1. The van der Waals surface area contributed by atoms with Crippen LogP contribution in [0.5, 0.6) is 0 Å². The van der Waals surface area contributed by atoms with E-state index in [9.17, 15) is 8.42 Å². The van der Waals surface area contributed by atoms with E-state index in [2.05, 4.69) is 11.1 Å². The van der Waals surface area contributed by atoms with Crippen molar-refractivity contribution in [2.24, 2.45) is 0 Å². The van der Waals surface area contributed by atoms with Crippen LogP contribution in [0, 0.1) is 6.92 Å². The quantitative estimate of drug-likeness (QED) is 0.886. The van der Waals surface area contributed by atoms with Crippen molar-refractivity contribution in [2.75, 3.05) is 26.2 Å². The minimum absolute atomic E-state index is 0.388. The first kappa shape index (κ1) is 16.1. The molecule has 1 aromatic carbocycles. The average Bonchev–Trinajstić information content (AvgIpc) is 2.57. The molecule has 1 aliphatic heterocycles. The van der Waals surface area contributed by atoms with Crippen LogP contribution >= 0.6 is 0 Å². The molecule has 23 heavy (non-hydrogen) atoms. The lowest BCUT2D eigenvalue weighted by Gasteiger charge is -2.31. The third-order valence-electron chi connectivity index (χ3n) is 4.27. The van der Waals surface area contributed by atoms with Gasteiger partial charge < -0.3 is 4.90 Å². The normalized spacial score (nSPS) is 17.3. The van der Waals surface area contributed by atoms with Crippen molar-refractivity contribution in [1.82, 2.24) is 9.29 Å². The van der Waals surface area contributed by atoms with Gasteiger partial charge >= 0.3 is 0 Å². The Morgan fingerprint density at radius 2 is 1.83 bits per heavy atom. The topological polar surface area (TPSA) is 54.7 Å². The van der Waals surface area contributed by atoms with Crippen molar-refractivity contribution in [2.45, 2.75) is 18.4 Å². The highest BCUT2D eigenvalue weighted by atomic mass is 32.2. The molecule has 1 N–H and O–H groups in total. The molecule has 1 saturated heterocycles. The lowest BCUT2D eigenvalue weighted by Crippen LogP contribution is -3.13. The fourth-order valence-electron chi connectivity index (χ4n) is 2.87. The van der Waals surface area contributed by atoms with Crippen molar-refractivity contribution in [1.29, 1.82) is 0 Å². The van der Waals surface area contributed by atoms with E-state index >= 15 is 0 Å². The zero-order valence-corrected chi connectivity index (χ0v) is 14.1. The van der Waals surface area contributed by atoms with Crippen LogP contribution in [0.3, 0.4) is 0 Å². The fourth-order valence-corrected chi connectivity index (χ4v) is 4.31. The molecule has 0 spiro atoms. The third-order valence-corrected chi connectivity index (χ3v) is 6.18. The summed E-state index contributed by atoms with van der Waals surface area (Å²) in [5.41, 5.74) is 2.26. The van der Waals surface area contributed by atoms with Gasteiger partial charge in [-0.25, -0.2) is 8.42 Å². The third kappa shape index (κ3) is 3.77. The Hall–Kier alpha value is -1.76. The van der Waals surface area contributed by atoms with Gasteiger partial charge in [0.1, 0.15) is 6.54 Å². The van der Waals surface area contributed by atoms with E-state index in [1.165, 1.54) is 10.5 Å². The Labute approximate surface area is 137 Å². The molecule has 3 rings (SSSR count). The van der Waals surface area contributed by atoms with E-state index < -0.39 is 10.0 Å². The van der Waals surface area contributed by atoms with Crippen LogP contribution < -0.4 is 4.90 Å². The zero-order valence-electron chi connectivity index (χ0n) is 13.3. The van der Waals surface area contributed by atoms with Gasteiger partial charge in [0.2, 0.25) is 10.0 Å². The SMILES string of the molecule is Cc1ccc(S(=O)(=O)N2CC[NH+](Cc3cccnc3)CC2)cc1. The van der Waals surface area contributed by atoms with E-state index in [0.717, 1.165) is 25.2 Å². The molecular formula is C17H22N3O2S+. The van der Waals surface area contributed by atoms with Crippen LogP contribution in [0.15, 0.2) is 53.7 Å². The molecule has 2 aromatic rings. The van der Waals surface area contributed by atoms with E-state index in [4.69, 9.17) is 0 Å². The highest BCUT2D eigenvalue weighted by Gasteiger charge is 2.30. The minimum Gasteiger partial charge on any atom is -0.329 e. The lowest BCUT2D eigenvalue weighted by atomic mass is 10.2. The van der Waals surface area contributed by atoms with Gasteiger partial charge in [-0.05, 0) is 25.1 Å². The van der Waals surface area contributed by atoms with Gasteiger partial charge in [-0.2, -0.15) is 4.31 Å². The Bertz CT molecular complexity index is 737. The summed E-state index contributed by atoms with van der Waals surface area (Å²) in [6.45, 7) is 5.61. The number of aromatic nitrogens is 1. The number of aryl methyl sites for hydroxylation is 1. The van der Waals surface area contributed by atoms with E-state index in [0.29, 0.717) is 18.0 Å². The highest BCUT2D eigenvalue weighted by Crippen LogP contribution is 2.16. The number of hydrogen-bond acceptors (Lipinski definition) is 3. The first-order valence-corrected chi connectivity index (χ1v) is 9.29. The molecule has 122 valence electrons. The Morgan fingerprint density at radius 1 is 1.13 bits per heavy atom. The first-order valence-electron chi connectivity index (χ1n) is 7.85. The van der Waals surface area contributed by atoms with Gasteiger partial charge in [0.25, 0.3) is 0 Å². The Balaban J connectivity index is 1.63. The molecule has 1 fully saturated rings. The molecule has 6 heteroatoms. The predicted octanol–water partition coefficient (Wildman–Crippen LogP) is 0.479. The first-order chi connectivity index (χ1) is 11.1. The Kier molecular flexibility index (Phi) is 4.75. The monoisotopic (exact) mass is 332 g/mol. The predicted molar refractivity (Wildman–Crippen MR) is 88.6 cm³/mol. The Morgan fingerprint density at radius 3 is 2.43 bits per heavy atom. The maximum Gasteiger partial charge on any atom is 0.243 e. The average molecular weight is 332 g/mol. The number of nitrogens with zero attached hydrogens (tertiary/aromatic N) is 2. The smallest absolute Gasteiger partial charge is 0.243 e. The second-order valence-electron chi connectivity index (χ2n) is 6.01. The van der Waals surface area contributed by atoms with Crippen molar-refractivity contribution in [3.63, 3.8) is 0 Å². The lowest BCUT2D eigenvalue weighted by molar-refractivity contribution is -0.917. The molecule has 1 aliphatic rings. The second kappa shape index (κ2) is 6.78. The van der Waals surface area contributed by atoms with Crippen LogP contribution in [-0.4, -0.2) is 43.9 Å². The number of rotatable bonds is 4. The van der Waals surface area contributed by atoms with E-state index in [1.54, 1.807) is 22.6 Å². The molecule has 0 bridgehead atoms. The van der Waals surface area contributed by atoms with Crippen molar-refractivity contribution in [3.05, 3.63) is 59.9 Å². The number of sulfonamides is 1. The van der Waals surface area contributed by atoms with Crippen LogP contribution in [0.2, 0.25) is 0 Å². The van der Waals surface area contributed by atoms with E-state index in [-0.39, 0.29) is 0 Å². The molecule has 0 saturated carbocycles. The molecule has 0 atom stereocenters. The van der Waals surface area contributed by atoms with Crippen molar-refractivity contribution < 1.29 is 13.3 Å². The number of benzene rings is 1. The number of piperazine rings is 1. The second-order valence-corrected chi connectivity index (χ2v) is 7.94. The molecule has 0 aliphatic carbocycles. The van der Waals surface area contributed by atoms with Gasteiger partial charge in [0.05, 0.1) is 31.1 Å². The molecule has 0 unspecified atom stereocenters. The van der Waals surface area contributed by atoms with E-state index in [1.807, 2.05) is 31.3 Å². The maximum absolute atomic E-state index is 12.7. The van der Waals surface area contributed by atoms with Crippen molar-refractivity contribution in [3.8, 4) is 0 Å². The summed E-state index contributed by atoms with van der Waals surface area (Å²) >= 11 is 0. The molecule has 2 heterocycles. The number of nitrogens with one attached hydrogen (secondary N) is 1. The summed E-state index contributed by atoms with van der Waals surface area (Å²) in [7, 11) is -3.37. The van der Waals surface area contributed by atoms with Gasteiger partial charge in [0, 0.05) is 18.0 Å². The minimum atomic E-state index is -3.37. The van der Waals surface area contributed by atoms with Gasteiger partial charge in [-0.3, -0.25) is 4.98 Å². The summed E-state index contributed by atoms with van der Waals surface area (Å²) < 4.78 is 26.9. The summed E-state index contributed by atoms with van der Waals surface area (Å²) in [5.74, 6) is 0. The van der Waals surface area contributed by atoms with Gasteiger partial charge in [-0.15, -0.1) is 0 Å². The van der Waals surface area contributed by atoms with Gasteiger partial charge in [0.15, 0.2) is 0 Å². The number of pyridine rings is 1. The molecule has 0 radical (unpaired) electrons. The molecular weight excluding hydrogens is 310 g/mol. The summed E-state index contributed by atoms with van der Waals surface area (Å²) in [5, 5.41) is 0.